The lowest BCUT2D eigenvalue weighted by Crippen LogP contribution is -2.37. The zero-order valence-electron chi connectivity index (χ0n) is 16.3. The van der Waals surface area contributed by atoms with E-state index in [1.165, 1.54) is 22.2 Å². The first-order valence-electron chi connectivity index (χ1n) is 9.98. The van der Waals surface area contributed by atoms with Gasteiger partial charge in [-0.3, -0.25) is 5.41 Å². The number of morpholine rings is 1. The largest absolute Gasteiger partial charge is 0.384 e. The molecule has 146 valence electrons. The van der Waals surface area contributed by atoms with Crippen molar-refractivity contribution in [3.05, 3.63) is 77.9 Å². The Morgan fingerprint density at radius 1 is 0.931 bits per heavy atom. The van der Waals surface area contributed by atoms with E-state index in [1.54, 1.807) is 0 Å². The molecule has 1 aliphatic rings. The van der Waals surface area contributed by atoms with Crippen molar-refractivity contribution in [2.45, 2.75) is 6.54 Å². The standard InChI is InChI=1S/C24H24N4O/c25-24(26)19-9-8-18-15-23(27-10-12-29-13-11-27)28(22(18)14-19)16-20-6-3-5-17-4-1-2-7-21(17)20/h1-9,14-15H,10-13,16H2,(H3,25,26). The number of nitrogen functional groups attached to an aromatic ring is 1. The van der Waals surface area contributed by atoms with Crippen LogP contribution >= 0.6 is 0 Å². The van der Waals surface area contributed by atoms with Crippen molar-refractivity contribution < 1.29 is 4.74 Å². The molecule has 4 aromatic rings. The monoisotopic (exact) mass is 384 g/mol. The van der Waals surface area contributed by atoms with E-state index in [0.29, 0.717) is 0 Å². The molecular formula is C24H24N4O. The predicted molar refractivity (Wildman–Crippen MR) is 119 cm³/mol. The minimum atomic E-state index is 0.0951. The van der Waals surface area contributed by atoms with Gasteiger partial charge in [-0.25, -0.2) is 0 Å². The number of nitrogens with zero attached hydrogens (tertiary/aromatic N) is 2. The van der Waals surface area contributed by atoms with Gasteiger partial charge in [0.15, 0.2) is 0 Å². The molecule has 5 rings (SSSR count). The molecule has 0 atom stereocenters. The van der Waals surface area contributed by atoms with Crippen LogP contribution in [0.25, 0.3) is 21.7 Å². The molecule has 0 bridgehead atoms. The fraction of sp³-hybridized carbons (Fsp3) is 0.208. The minimum absolute atomic E-state index is 0.0951. The predicted octanol–water partition coefficient (Wildman–Crippen LogP) is 3.96. The molecule has 0 aliphatic carbocycles. The summed E-state index contributed by atoms with van der Waals surface area (Å²) in [5.74, 6) is 1.29. The van der Waals surface area contributed by atoms with Crippen LogP contribution in [0.5, 0.6) is 0 Å². The summed E-state index contributed by atoms with van der Waals surface area (Å²) >= 11 is 0. The zero-order valence-corrected chi connectivity index (χ0v) is 16.3. The van der Waals surface area contributed by atoms with Gasteiger partial charge in [0, 0.05) is 24.0 Å². The minimum Gasteiger partial charge on any atom is -0.384 e. The van der Waals surface area contributed by atoms with Crippen molar-refractivity contribution in [2.24, 2.45) is 5.73 Å². The first kappa shape index (κ1) is 17.8. The molecule has 2 heterocycles. The Balaban J connectivity index is 1.68. The maximum atomic E-state index is 7.85. The van der Waals surface area contributed by atoms with Crippen LogP contribution in [0.1, 0.15) is 11.1 Å². The Bertz CT molecular complexity index is 1200. The molecule has 0 unspecified atom stereocenters. The van der Waals surface area contributed by atoms with Crippen molar-refractivity contribution in [2.75, 3.05) is 31.2 Å². The summed E-state index contributed by atoms with van der Waals surface area (Å²) in [6, 6.07) is 23.3. The van der Waals surface area contributed by atoms with Gasteiger partial charge in [-0.1, -0.05) is 54.6 Å². The Kier molecular flexibility index (Phi) is 4.45. The van der Waals surface area contributed by atoms with E-state index >= 15 is 0 Å². The topological polar surface area (TPSA) is 67.3 Å². The number of benzene rings is 3. The van der Waals surface area contributed by atoms with E-state index in [0.717, 1.165) is 49.3 Å². The van der Waals surface area contributed by atoms with Gasteiger partial charge in [0.2, 0.25) is 0 Å². The van der Waals surface area contributed by atoms with E-state index in [2.05, 4.69) is 64.1 Å². The summed E-state index contributed by atoms with van der Waals surface area (Å²) in [5, 5.41) is 11.5. The second-order valence-electron chi connectivity index (χ2n) is 7.51. The molecule has 1 saturated heterocycles. The second kappa shape index (κ2) is 7.26. The number of hydrogen-bond donors (Lipinski definition) is 2. The van der Waals surface area contributed by atoms with Crippen molar-refractivity contribution >= 4 is 33.3 Å². The highest BCUT2D eigenvalue weighted by molar-refractivity contribution is 5.99. The summed E-state index contributed by atoms with van der Waals surface area (Å²) in [5.41, 5.74) is 8.92. The Morgan fingerprint density at radius 2 is 1.72 bits per heavy atom. The van der Waals surface area contributed by atoms with E-state index in [1.807, 2.05) is 12.1 Å². The second-order valence-corrected chi connectivity index (χ2v) is 7.51. The van der Waals surface area contributed by atoms with Crippen molar-refractivity contribution in [3.63, 3.8) is 0 Å². The first-order valence-corrected chi connectivity index (χ1v) is 9.98. The van der Waals surface area contributed by atoms with Gasteiger partial charge in [-0.15, -0.1) is 0 Å². The van der Waals surface area contributed by atoms with E-state index in [9.17, 15) is 0 Å². The summed E-state index contributed by atoms with van der Waals surface area (Å²) in [6.07, 6.45) is 0. The normalized spacial score (nSPS) is 14.6. The number of rotatable bonds is 4. The number of aromatic nitrogens is 1. The Labute approximate surface area is 169 Å². The fourth-order valence-corrected chi connectivity index (χ4v) is 4.23. The third-order valence-corrected chi connectivity index (χ3v) is 5.74. The molecule has 1 aromatic heterocycles. The number of ether oxygens (including phenoxy) is 1. The highest BCUT2D eigenvalue weighted by Gasteiger charge is 2.19. The molecule has 0 radical (unpaired) electrons. The van der Waals surface area contributed by atoms with Gasteiger partial charge in [0.1, 0.15) is 11.7 Å². The third-order valence-electron chi connectivity index (χ3n) is 5.74. The summed E-state index contributed by atoms with van der Waals surface area (Å²) in [6.45, 7) is 4.01. The van der Waals surface area contributed by atoms with Crippen LogP contribution in [0.4, 0.5) is 5.82 Å². The van der Waals surface area contributed by atoms with Crippen LogP contribution in [-0.4, -0.2) is 36.7 Å². The maximum absolute atomic E-state index is 7.85. The van der Waals surface area contributed by atoms with Crippen molar-refractivity contribution in [1.29, 1.82) is 5.41 Å². The smallest absolute Gasteiger partial charge is 0.122 e. The first-order chi connectivity index (χ1) is 14.2. The number of amidine groups is 1. The molecule has 1 fully saturated rings. The van der Waals surface area contributed by atoms with Crippen molar-refractivity contribution in [3.8, 4) is 0 Å². The van der Waals surface area contributed by atoms with Gasteiger partial charge in [-0.05, 0) is 28.5 Å². The number of hydrogen-bond acceptors (Lipinski definition) is 3. The molecule has 1 aliphatic heterocycles. The van der Waals surface area contributed by atoms with Gasteiger partial charge in [0.25, 0.3) is 0 Å². The molecule has 5 heteroatoms. The number of nitrogens with one attached hydrogen (secondary N) is 1. The fourth-order valence-electron chi connectivity index (χ4n) is 4.23. The van der Waals surface area contributed by atoms with Crippen molar-refractivity contribution in [1.82, 2.24) is 4.57 Å². The average Bonchev–Trinajstić information content (AvgIpc) is 3.12. The van der Waals surface area contributed by atoms with Gasteiger partial charge >= 0.3 is 0 Å². The third kappa shape index (κ3) is 3.23. The van der Waals surface area contributed by atoms with Gasteiger partial charge in [-0.2, -0.15) is 0 Å². The average molecular weight is 384 g/mol. The van der Waals surface area contributed by atoms with Crippen LogP contribution in [0.3, 0.4) is 0 Å². The van der Waals surface area contributed by atoms with Crippen LogP contribution in [0.2, 0.25) is 0 Å². The molecule has 0 spiro atoms. The van der Waals surface area contributed by atoms with E-state index in [4.69, 9.17) is 15.9 Å². The summed E-state index contributed by atoms with van der Waals surface area (Å²) in [4.78, 5) is 2.39. The van der Waals surface area contributed by atoms with Crippen LogP contribution in [0.15, 0.2) is 66.7 Å². The number of anilines is 1. The maximum Gasteiger partial charge on any atom is 0.122 e. The summed E-state index contributed by atoms with van der Waals surface area (Å²) in [7, 11) is 0. The Hall–Kier alpha value is -3.31. The van der Waals surface area contributed by atoms with E-state index in [-0.39, 0.29) is 5.84 Å². The number of fused-ring (bicyclic) bond motifs is 2. The molecule has 0 saturated carbocycles. The molecule has 29 heavy (non-hydrogen) atoms. The zero-order chi connectivity index (χ0) is 19.8. The highest BCUT2D eigenvalue weighted by Crippen LogP contribution is 2.30. The Morgan fingerprint density at radius 3 is 2.55 bits per heavy atom. The molecule has 3 aromatic carbocycles. The lowest BCUT2D eigenvalue weighted by Gasteiger charge is -2.30. The van der Waals surface area contributed by atoms with Crippen LogP contribution in [-0.2, 0) is 11.3 Å². The van der Waals surface area contributed by atoms with Crippen LogP contribution in [0, 0.1) is 5.41 Å². The van der Waals surface area contributed by atoms with Crippen LogP contribution < -0.4 is 10.6 Å². The molecular weight excluding hydrogens is 360 g/mol. The van der Waals surface area contributed by atoms with E-state index < -0.39 is 0 Å². The quantitative estimate of drug-likeness (QED) is 0.413. The number of nitrogens with two attached hydrogens (primary N) is 1. The van der Waals surface area contributed by atoms with Gasteiger partial charge in [0.05, 0.1) is 25.3 Å². The molecule has 3 N–H and O–H groups in total. The molecule has 5 nitrogen and oxygen atoms in total. The lowest BCUT2D eigenvalue weighted by molar-refractivity contribution is 0.122. The highest BCUT2D eigenvalue weighted by atomic mass is 16.5. The summed E-state index contributed by atoms with van der Waals surface area (Å²) < 4.78 is 7.92. The van der Waals surface area contributed by atoms with Gasteiger partial charge < -0.3 is 19.9 Å². The SMILES string of the molecule is N=C(N)c1ccc2cc(N3CCOCC3)n(Cc3cccc4ccccc34)c2c1. The molecule has 0 amide bonds. The lowest BCUT2D eigenvalue weighted by atomic mass is 10.0.